The molecule has 0 bridgehead atoms. The maximum Gasteiger partial charge on any atom is 0.490 e. The van der Waals surface area contributed by atoms with Gasteiger partial charge in [0, 0.05) is 38.0 Å². The number of carbonyl (C=O) groups is 2. The molecule has 2 aromatic rings. The fraction of sp³-hybridized carbons (Fsp3) is 0.550. The van der Waals surface area contributed by atoms with Gasteiger partial charge in [-0.05, 0) is 12.8 Å². The smallest absolute Gasteiger partial charge is 0.475 e. The molecule has 1 aliphatic rings. The van der Waals surface area contributed by atoms with Gasteiger partial charge >= 0.3 is 12.1 Å². The second-order valence-corrected chi connectivity index (χ2v) is 7.85. The summed E-state index contributed by atoms with van der Waals surface area (Å²) in [6, 6.07) is 0. The number of carboxylic acid groups (broad SMARTS) is 1. The number of imidazole rings is 1. The van der Waals surface area contributed by atoms with Crippen LogP contribution in [0.1, 0.15) is 47.3 Å². The van der Waals surface area contributed by atoms with Gasteiger partial charge in [-0.25, -0.2) is 14.8 Å². The minimum atomic E-state index is -5.08. The third-order valence-electron chi connectivity index (χ3n) is 4.53. The lowest BCUT2D eigenvalue weighted by Crippen LogP contribution is -2.40. The molecule has 1 unspecified atom stereocenters. The summed E-state index contributed by atoms with van der Waals surface area (Å²) in [5, 5.41) is 7.12. The van der Waals surface area contributed by atoms with Crippen LogP contribution in [0, 0.1) is 12.8 Å². The van der Waals surface area contributed by atoms with Crippen molar-refractivity contribution in [3.05, 3.63) is 41.5 Å². The summed E-state index contributed by atoms with van der Waals surface area (Å²) in [6.45, 7) is 8.48. The number of nitrogens with zero attached hydrogens (tertiary/aromatic N) is 5. The molecular formula is C20H26F3N5O4. The Kier molecular flexibility index (Phi) is 8.31. The Morgan fingerprint density at radius 1 is 1.25 bits per heavy atom. The van der Waals surface area contributed by atoms with Gasteiger partial charge in [-0.1, -0.05) is 13.8 Å². The molecule has 1 aliphatic heterocycles. The molecule has 1 N–H and O–H groups in total. The van der Waals surface area contributed by atoms with E-state index in [1.807, 2.05) is 18.5 Å². The van der Waals surface area contributed by atoms with Crippen LogP contribution in [0.25, 0.3) is 0 Å². The van der Waals surface area contributed by atoms with E-state index in [4.69, 9.17) is 14.6 Å². The van der Waals surface area contributed by atoms with Gasteiger partial charge in [0.15, 0.2) is 0 Å². The van der Waals surface area contributed by atoms with Crippen LogP contribution in [-0.4, -0.2) is 67.3 Å². The Morgan fingerprint density at radius 2 is 1.91 bits per heavy atom. The highest BCUT2D eigenvalue weighted by molar-refractivity contribution is 5.92. The highest BCUT2D eigenvalue weighted by Gasteiger charge is 2.38. The predicted molar refractivity (Wildman–Crippen MR) is 107 cm³/mol. The molecule has 1 amide bonds. The van der Waals surface area contributed by atoms with E-state index in [0.717, 1.165) is 17.1 Å². The molecule has 176 valence electrons. The number of carboxylic acids is 1. The van der Waals surface area contributed by atoms with Crippen LogP contribution in [-0.2, 0) is 23.1 Å². The van der Waals surface area contributed by atoms with Crippen LogP contribution < -0.4 is 0 Å². The van der Waals surface area contributed by atoms with E-state index in [0.29, 0.717) is 37.9 Å². The van der Waals surface area contributed by atoms with Crippen molar-refractivity contribution < 1.29 is 32.6 Å². The normalized spacial score (nSPS) is 15.8. The quantitative estimate of drug-likeness (QED) is 0.735. The monoisotopic (exact) mass is 457 g/mol. The number of fused-ring (bicyclic) bond motifs is 1. The molecule has 0 fully saturated rings. The Morgan fingerprint density at radius 3 is 2.44 bits per heavy atom. The molecule has 1 atom stereocenters. The molecule has 0 saturated carbocycles. The van der Waals surface area contributed by atoms with E-state index in [-0.39, 0.29) is 11.8 Å². The van der Waals surface area contributed by atoms with Crippen molar-refractivity contribution in [1.82, 2.24) is 24.4 Å². The van der Waals surface area contributed by atoms with Crippen molar-refractivity contribution in [3.8, 4) is 0 Å². The summed E-state index contributed by atoms with van der Waals surface area (Å²) in [5.74, 6) is -2.28. The van der Waals surface area contributed by atoms with E-state index in [1.165, 1.54) is 6.20 Å². The highest BCUT2D eigenvalue weighted by Crippen LogP contribution is 2.28. The number of aromatic nitrogens is 4. The molecule has 9 nitrogen and oxygen atoms in total. The number of aliphatic carboxylic acids is 1. The van der Waals surface area contributed by atoms with Crippen LogP contribution in [0.5, 0.6) is 0 Å². The van der Waals surface area contributed by atoms with Crippen LogP contribution in [0.2, 0.25) is 0 Å². The van der Waals surface area contributed by atoms with Crippen LogP contribution in [0.15, 0.2) is 18.7 Å². The molecule has 2 aromatic heterocycles. The van der Waals surface area contributed by atoms with Crippen LogP contribution in [0.3, 0.4) is 0 Å². The number of ether oxygens (including phenoxy) is 1. The number of aryl methyl sites for hydroxylation is 2. The fourth-order valence-electron chi connectivity index (χ4n) is 3.13. The highest BCUT2D eigenvalue weighted by atomic mass is 19.4. The first-order valence-corrected chi connectivity index (χ1v) is 9.86. The minimum absolute atomic E-state index is 0.109. The van der Waals surface area contributed by atoms with Gasteiger partial charge in [0.05, 0.1) is 37.1 Å². The first-order chi connectivity index (χ1) is 14.9. The molecule has 0 radical (unpaired) electrons. The SMILES string of the molecule is Cc1cnc(C(=O)N2Cc3ncn(C)c3C(COCC(C)C)C2)cn1.O=C(O)C(F)(F)F. The summed E-state index contributed by atoms with van der Waals surface area (Å²) in [6.07, 6.45) is -0.123. The number of halogens is 3. The predicted octanol–water partition coefficient (Wildman–Crippen LogP) is 2.56. The minimum Gasteiger partial charge on any atom is -0.475 e. The summed E-state index contributed by atoms with van der Waals surface area (Å²) in [4.78, 5) is 36.3. The summed E-state index contributed by atoms with van der Waals surface area (Å²) < 4.78 is 39.6. The zero-order chi connectivity index (χ0) is 24.1. The molecule has 0 aliphatic carbocycles. The molecule has 3 rings (SSSR count). The number of alkyl halides is 3. The third-order valence-corrected chi connectivity index (χ3v) is 4.53. The van der Waals surface area contributed by atoms with Gasteiger partial charge in [-0.3, -0.25) is 9.78 Å². The van der Waals surface area contributed by atoms with E-state index in [1.54, 1.807) is 17.4 Å². The van der Waals surface area contributed by atoms with Gasteiger partial charge in [0.2, 0.25) is 0 Å². The average molecular weight is 457 g/mol. The van der Waals surface area contributed by atoms with E-state index in [2.05, 4.69) is 28.8 Å². The molecule has 0 spiro atoms. The lowest BCUT2D eigenvalue weighted by atomic mass is 9.98. The molecule has 32 heavy (non-hydrogen) atoms. The van der Waals surface area contributed by atoms with Gasteiger partial charge in [-0.15, -0.1) is 0 Å². The van der Waals surface area contributed by atoms with Crippen LogP contribution in [0.4, 0.5) is 13.2 Å². The second kappa shape index (κ2) is 10.5. The summed E-state index contributed by atoms with van der Waals surface area (Å²) >= 11 is 0. The molecule has 12 heteroatoms. The number of hydrogen-bond donors (Lipinski definition) is 1. The first kappa shape index (κ1) is 25.2. The number of amides is 1. The van der Waals surface area contributed by atoms with E-state index >= 15 is 0 Å². The number of carbonyl (C=O) groups excluding carboxylic acids is 1. The Labute approximate surface area is 183 Å². The van der Waals surface area contributed by atoms with Crippen LogP contribution >= 0.6 is 0 Å². The van der Waals surface area contributed by atoms with Crippen molar-refractivity contribution in [2.75, 3.05) is 19.8 Å². The summed E-state index contributed by atoms with van der Waals surface area (Å²) in [7, 11) is 1.99. The Bertz CT molecular complexity index is 928. The van der Waals surface area contributed by atoms with E-state index < -0.39 is 12.1 Å². The zero-order valence-corrected chi connectivity index (χ0v) is 18.3. The number of rotatable bonds is 5. The van der Waals surface area contributed by atoms with Crippen molar-refractivity contribution in [2.24, 2.45) is 13.0 Å². The van der Waals surface area contributed by atoms with Crippen molar-refractivity contribution in [3.63, 3.8) is 0 Å². The van der Waals surface area contributed by atoms with Gasteiger partial charge in [0.25, 0.3) is 5.91 Å². The standard InChI is InChI=1S/C18H25N5O2.C2HF3O2/c1-12(2)9-25-10-14-7-23(8-16-17(14)22(4)11-21-16)18(24)15-6-19-13(3)5-20-15;3-2(4,5)1(6)7/h5-6,11-12,14H,7-10H2,1-4H3;(H,6,7). The van der Waals surface area contributed by atoms with Gasteiger partial charge < -0.3 is 19.3 Å². The van der Waals surface area contributed by atoms with Crippen molar-refractivity contribution >= 4 is 11.9 Å². The van der Waals surface area contributed by atoms with E-state index in [9.17, 15) is 18.0 Å². The lowest BCUT2D eigenvalue weighted by molar-refractivity contribution is -0.192. The Hall–Kier alpha value is -3.02. The number of hydrogen-bond acceptors (Lipinski definition) is 6. The largest absolute Gasteiger partial charge is 0.490 e. The maximum atomic E-state index is 12.8. The molecule has 0 saturated heterocycles. The lowest BCUT2D eigenvalue weighted by Gasteiger charge is -2.32. The summed E-state index contributed by atoms with van der Waals surface area (Å²) in [5.41, 5.74) is 3.25. The molecular weight excluding hydrogens is 431 g/mol. The third kappa shape index (κ3) is 6.74. The fourth-order valence-corrected chi connectivity index (χ4v) is 3.13. The van der Waals surface area contributed by atoms with Crippen molar-refractivity contribution in [2.45, 2.75) is 39.4 Å². The topological polar surface area (TPSA) is 110 Å². The Balaban J connectivity index is 0.000000451. The average Bonchev–Trinajstić information content (AvgIpc) is 3.08. The first-order valence-electron chi connectivity index (χ1n) is 9.86. The molecule has 3 heterocycles. The maximum absolute atomic E-state index is 12.8. The van der Waals surface area contributed by atoms with Gasteiger partial charge in [0.1, 0.15) is 5.69 Å². The second-order valence-electron chi connectivity index (χ2n) is 7.85. The molecule has 0 aromatic carbocycles. The van der Waals surface area contributed by atoms with Gasteiger partial charge in [-0.2, -0.15) is 13.2 Å². The van der Waals surface area contributed by atoms with Crippen molar-refractivity contribution in [1.29, 1.82) is 0 Å². The zero-order valence-electron chi connectivity index (χ0n) is 18.3.